The van der Waals surface area contributed by atoms with Gasteiger partial charge in [0.25, 0.3) is 5.91 Å². The molecule has 2 N–H and O–H groups in total. The molecular formula is C19H19N3O3S. The Labute approximate surface area is 155 Å². The maximum Gasteiger partial charge on any atom is 0.325 e. The van der Waals surface area contributed by atoms with Gasteiger partial charge in [-0.2, -0.15) is 0 Å². The Kier molecular flexibility index (Phi) is 4.03. The number of carbonyl (C=O) groups excluding carboxylic acids is 3. The minimum absolute atomic E-state index is 0.163. The number of urea groups is 1. The van der Waals surface area contributed by atoms with Gasteiger partial charge < -0.3 is 10.6 Å². The first-order valence-corrected chi connectivity index (χ1v) is 9.44. The maximum atomic E-state index is 13.0. The van der Waals surface area contributed by atoms with Crippen LogP contribution in [0.4, 0.5) is 4.79 Å². The average molecular weight is 369 g/mol. The van der Waals surface area contributed by atoms with Gasteiger partial charge in [-0.1, -0.05) is 30.3 Å². The van der Waals surface area contributed by atoms with Crippen molar-refractivity contribution in [1.82, 2.24) is 15.5 Å². The Bertz CT molecular complexity index is 880. The molecule has 1 aromatic carbocycles. The Morgan fingerprint density at radius 2 is 2.12 bits per heavy atom. The van der Waals surface area contributed by atoms with Gasteiger partial charge in [-0.15, -0.1) is 11.3 Å². The summed E-state index contributed by atoms with van der Waals surface area (Å²) in [4.78, 5) is 39.9. The van der Waals surface area contributed by atoms with Crippen LogP contribution >= 0.6 is 11.3 Å². The fourth-order valence-corrected chi connectivity index (χ4v) is 4.51. The number of hydrogen-bond donors (Lipinski definition) is 2. The summed E-state index contributed by atoms with van der Waals surface area (Å²) in [6, 6.07) is 10.8. The van der Waals surface area contributed by atoms with Crippen molar-refractivity contribution in [3.63, 3.8) is 0 Å². The molecule has 2 heterocycles. The van der Waals surface area contributed by atoms with Crippen LogP contribution in [0.15, 0.2) is 41.8 Å². The van der Waals surface area contributed by atoms with Crippen molar-refractivity contribution in [3.05, 3.63) is 57.8 Å². The van der Waals surface area contributed by atoms with Crippen molar-refractivity contribution in [2.45, 2.75) is 31.3 Å². The van der Waals surface area contributed by atoms with Crippen LogP contribution in [-0.2, 0) is 21.5 Å². The molecule has 0 bridgehead atoms. The predicted molar refractivity (Wildman–Crippen MR) is 97.6 cm³/mol. The van der Waals surface area contributed by atoms with Crippen molar-refractivity contribution in [2.75, 3.05) is 6.54 Å². The molecule has 1 aliphatic carbocycles. The van der Waals surface area contributed by atoms with Crippen LogP contribution in [0.2, 0.25) is 0 Å². The molecule has 1 spiro atoms. The highest BCUT2D eigenvalue weighted by Crippen LogP contribution is 2.41. The van der Waals surface area contributed by atoms with Crippen LogP contribution in [0.25, 0.3) is 0 Å². The number of nitrogens with zero attached hydrogens (tertiary/aromatic N) is 1. The van der Waals surface area contributed by atoms with Crippen LogP contribution in [0.5, 0.6) is 0 Å². The van der Waals surface area contributed by atoms with E-state index in [2.05, 4.69) is 10.6 Å². The van der Waals surface area contributed by atoms with Gasteiger partial charge in [0.15, 0.2) is 0 Å². The molecule has 2 aliphatic rings. The molecule has 2 aromatic rings. The SMILES string of the molecule is C[C@H](NC(=O)CN1C(=O)N[C@]2(CCc3ccccc32)C1=O)c1cccs1. The fourth-order valence-electron chi connectivity index (χ4n) is 3.77. The molecule has 1 saturated heterocycles. The second-order valence-corrected chi connectivity index (χ2v) is 7.67. The van der Waals surface area contributed by atoms with E-state index < -0.39 is 11.6 Å². The van der Waals surface area contributed by atoms with Crippen molar-refractivity contribution >= 4 is 29.2 Å². The van der Waals surface area contributed by atoms with Gasteiger partial charge in [0.1, 0.15) is 12.1 Å². The molecule has 7 heteroatoms. The van der Waals surface area contributed by atoms with Crippen molar-refractivity contribution in [2.24, 2.45) is 0 Å². The van der Waals surface area contributed by atoms with Crippen LogP contribution < -0.4 is 10.6 Å². The molecule has 1 aromatic heterocycles. The lowest BCUT2D eigenvalue weighted by Crippen LogP contribution is -2.44. The predicted octanol–water partition coefficient (Wildman–Crippen LogP) is 2.32. The summed E-state index contributed by atoms with van der Waals surface area (Å²) >= 11 is 1.55. The van der Waals surface area contributed by atoms with Crippen LogP contribution in [0, 0.1) is 0 Å². The molecule has 26 heavy (non-hydrogen) atoms. The number of hydrogen-bond acceptors (Lipinski definition) is 4. The third-order valence-electron chi connectivity index (χ3n) is 5.07. The highest BCUT2D eigenvalue weighted by atomic mass is 32.1. The summed E-state index contributed by atoms with van der Waals surface area (Å²) in [6.07, 6.45) is 1.26. The van der Waals surface area contributed by atoms with Gasteiger partial charge in [-0.25, -0.2) is 4.79 Å². The number of amides is 4. The van der Waals surface area contributed by atoms with E-state index in [0.29, 0.717) is 6.42 Å². The van der Waals surface area contributed by atoms with Crippen LogP contribution in [-0.4, -0.2) is 29.3 Å². The van der Waals surface area contributed by atoms with Gasteiger partial charge in [0, 0.05) is 4.88 Å². The molecule has 0 saturated carbocycles. The average Bonchev–Trinajstić information content (AvgIpc) is 3.32. The van der Waals surface area contributed by atoms with E-state index in [-0.39, 0.29) is 24.4 Å². The minimum atomic E-state index is -1.02. The Morgan fingerprint density at radius 1 is 1.31 bits per heavy atom. The van der Waals surface area contributed by atoms with E-state index in [0.717, 1.165) is 27.3 Å². The largest absolute Gasteiger partial charge is 0.347 e. The molecule has 134 valence electrons. The van der Waals surface area contributed by atoms with E-state index in [9.17, 15) is 14.4 Å². The van der Waals surface area contributed by atoms with Gasteiger partial charge in [0.05, 0.1) is 6.04 Å². The number of nitrogens with one attached hydrogen (secondary N) is 2. The molecule has 0 radical (unpaired) electrons. The number of carbonyl (C=O) groups is 3. The number of fused-ring (bicyclic) bond motifs is 2. The molecule has 6 nitrogen and oxygen atoms in total. The Morgan fingerprint density at radius 3 is 2.88 bits per heavy atom. The number of aryl methyl sites for hydroxylation is 1. The smallest absolute Gasteiger partial charge is 0.325 e. The molecule has 1 fully saturated rings. The Balaban J connectivity index is 1.49. The van der Waals surface area contributed by atoms with E-state index in [1.165, 1.54) is 0 Å². The zero-order chi connectivity index (χ0) is 18.3. The lowest BCUT2D eigenvalue weighted by Gasteiger charge is -2.22. The first-order valence-electron chi connectivity index (χ1n) is 8.56. The maximum absolute atomic E-state index is 13.0. The van der Waals surface area contributed by atoms with E-state index in [1.54, 1.807) is 11.3 Å². The lowest BCUT2D eigenvalue weighted by atomic mass is 9.92. The summed E-state index contributed by atoms with van der Waals surface area (Å²) in [6.45, 7) is 1.61. The summed E-state index contributed by atoms with van der Waals surface area (Å²) in [5.41, 5.74) is 0.889. The minimum Gasteiger partial charge on any atom is -0.347 e. The molecule has 4 rings (SSSR count). The first kappa shape index (κ1) is 16.8. The molecule has 4 amide bonds. The molecular weight excluding hydrogens is 350 g/mol. The highest BCUT2D eigenvalue weighted by Gasteiger charge is 2.55. The Hall–Kier alpha value is -2.67. The topological polar surface area (TPSA) is 78.5 Å². The van der Waals surface area contributed by atoms with Gasteiger partial charge in [-0.05, 0) is 42.3 Å². The summed E-state index contributed by atoms with van der Waals surface area (Å²) in [5, 5.41) is 7.62. The van der Waals surface area contributed by atoms with Gasteiger partial charge in [-0.3, -0.25) is 14.5 Å². The molecule has 0 unspecified atom stereocenters. The molecule has 1 aliphatic heterocycles. The van der Waals surface area contributed by atoms with E-state index in [4.69, 9.17) is 0 Å². The standard InChI is InChI=1S/C19H19N3O3S/c1-12(15-7-4-10-26-15)20-16(23)11-22-17(24)19(21-18(22)25)9-8-13-5-2-3-6-14(13)19/h2-7,10,12H,8-9,11H2,1H3,(H,20,23)(H,21,25)/t12-,19-/m0/s1. The fraction of sp³-hybridized carbons (Fsp3) is 0.316. The van der Waals surface area contributed by atoms with Crippen molar-refractivity contribution in [3.8, 4) is 0 Å². The number of thiophene rings is 1. The normalized spacial score (nSPS) is 22.4. The summed E-state index contributed by atoms with van der Waals surface area (Å²) in [5.74, 6) is -0.691. The van der Waals surface area contributed by atoms with Crippen LogP contribution in [0.1, 0.15) is 35.4 Å². The number of rotatable bonds is 4. The third-order valence-corrected chi connectivity index (χ3v) is 6.13. The second-order valence-electron chi connectivity index (χ2n) is 6.69. The zero-order valence-corrected chi connectivity index (χ0v) is 15.1. The number of imide groups is 1. The van der Waals surface area contributed by atoms with E-state index in [1.807, 2.05) is 48.7 Å². The zero-order valence-electron chi connectivity index (χ0n) is 14.3. The van der Waals surface area contributed by atoms with Crippen LogP contribution in [0.3, 0.4) is 0 Å². The second kappa shape index (κ2) is 6.25. The lowest BCUT2D eigenvalue weighted by molar-refractivity contribution is -0.135. The van der Waals surface area contributed by atoms with Crippen molar-refractivity contribution in [1.29, 1.82) is 0 Å². The van der Waals surface area contributed by atoms with Gasteiger partial charge >= 0.3 is 6.03 Å². The summed E-state index contributed by atoms with van der Waals surface area (Å²) in [7, 11) is 0. The summed E-state index contributed by atoms with van der Waals surface area (Å²) < 4.78 is 0. The first-order chi connectivity index (χ1) is 12.5. The monoisotopic (exact) mass is 369 g/mol. The number of benzene rings is 1. The van der Waals surface area contributed by atoms with E-state index >= 15 is 0 Å². The quantitative estimate of drug-likeness (QED) is 0.812. The third kappa shape index (κ3) is 2.59. The van der Waals surface area contributed by atoms with Crippen molar-refractivity contribution < 1.29 is 14.4 Å². The van der Waals surface area contributed by atoms with Gasteiger partial charge in [0.2, 0.25) is 5.91 Å². The molecule has 2 atom stereocenters. The highest BCUT2D eigenvalue weighted by molar-refractivity contribution is 7.10.